The highest BCUT2D eigenvalue weighted by Gasteiger charge is 2.51. The zero-order valence-corrected chi connectivity index (χ0v) is 8.34. The van der Waals surface area contributed by atoms with Gasteiger partial charge in [-0.3, -0.25) is 0 Å². The lowest BCUT2D eigenvalue weighted by Gasteiger charge is -2.58. The van der Waals surface area contributed by atoms with Crippen LogP contribution in [0.25, 0.3) is 0 Å². The van der Waals surface area contributed by atoms with E-state index in [1.165, 1.54) is 0 Å². The Bertz CT molecular complexity index is 190. The van der Waals surface area contributed by atoms with Gasteiger partial charge in [0.05, 0.1) is 0 Å². The van der Waals surface area contributed by atoms with E-state index in [4.69, 9.17) is 0 Å². The van der Waals surface area contributed by atoms with Crippen LogP contribution in [0.15, 0.2) is 0 Å². The van der Waals surface area contributed by atoms with E-state index in [0.717, 1.165) is 29.1 Å². The lowest BCUT2D eigenvalue weighted by molar-refractivity contribution is -0.0796. The van der Waals surface area contributed by atoms with Gasteiger partial charge < -0.3 is 0 Å². The zero-order valence-electron chi connectivity index (χ0n) is 8.34. The first kappa shape index (κ1) is 7.41. The summed E-state index contributed by atoms with van der Waals surface area (Å²) in [5.74, 6) is 4.42. The fourth-order valence-electron chi connectivity index (χ4n) is 4.68. The Morgan fingerprint density at radius 1 is 1.00 bits per heavy atom. The van der Waals surface area contributed by atoms with Crippen molar-refractivity contribution in [1.82, 2.24) is 0 Å². The van der Waals surface area contributed by atoms with Gasteiger partial charge in [0.25, 0.3) is 0 Å². The molecule has 0 amide bonds. The monoisotopic (exact) mass is 164 g/mol. The third kappa shape index (κ3) is 0.843. The van der Waals surface area contributed by atoms with Crippen molar-refractivity contribution in [2.24, 2.45) is 29.1 Å². The van der Waals surface area contributed by atoms with Gasteiger partial charge in [0.2, 0.25) is 0 Å². The van der Waals surface area contributed by atoms with Gasteiger partial charge in [-0.05, 0) is 61.2 Å². The van der Waals surface area contributed by atoms with E-state index in [-0.39, 0.29) is 0 Å². The summed E-state index contributed by atoms with van der Waals surface area (Å²) in [6.07, 6.45) is 7.83. The molecule has 0 heterocycles. The molecule has 4 fully saturated rings. The SMILES string of the molecule is C[C@@H]1C2CC3C[C@H]1C[C@@](C)(C3)C2. The van der Waals surface area contributed by atoms with E-state index in [1.807, 2.05) is 0 Å². The van der Waals surface area contributed by atoms with Crippen LogP contribution in [0.3, 0.4) is 0 Å². The third-order valence-corrected chi connectivity index (χ3v) is 5.05. The van der Waals surface area contributed by atoms with Gasteiger partial charge in [-0.15, -0.1) is 0 Å². The third-order valence-electron chi connectivity index (χ3n) is 5.05. The molecule has 12 heavy (non-hydrogen) atoms. The van der Waals surface area contributed by atoms with Crippen LogP contribution in [-0.2, 0) is 0 Å². The summed E-state index contributed by atoms with van der Waals surface area (Å²) in [6.45, 7) is 5.06. The Morgan fingerprint density at radius 3 is 2.08 bits per heavy atom. The van der Waals surface area contributed by atoms with Crippen LogP contribution < -0.4 is 0 Å². The maximum absolute atomic E-state index is 2.55. The Morgan fingerprint density at radius 2 is 1.58 bits per heavy atom. The van der Waals surface area contributed by atoms with Crippen molar-refractivity contribution >= 4 is 0 Å². The Hall–Kier alpha value is 0. The normalized spacial score (nSPS) is 62.5. The topological polar surface area (TPSA) is 0 Å². The van der Waals surface area contributed by atoms with Gasteiger partial charge in [-0.1, -0.05) is 13.8 Å². The summed E-state index contributed by atoms with van der Waals surface area (Å²) >= 11 is 0. The lowest BCUT2D eigenvalue weighted by Crippen LogP contribution is -2.48. The molecular weight excluding hydrogens is 144 g/mol. The van der Waals surface area contributed by atoms with Crippen LogP contribution in [0.2, 0.25) is 0 Å². The van der Waals surface area contributed by atoms with Crippen LogP contribution >= 0.6 is 0 Å². The molecule has 4 saturated carbocycles. The molecule has 0 radical (unpaired) electrons. The van der Waals surface area contributed by atoms with E-state index in [1.54, 1.807) is 32.1 Å². The van der Waals surface area contributed by atoms with E-state index in [2.05, 4.69) is 13.8 Å². The van der Waals surface area contributed by atoms with Crippen LogP contribution in [0.1, 0.15) is 46.0 Å². The molecule has 0 N–H and O–H groups in total. The molecule has 68 valence electrons. The summed E-state index contributed by atoms with van der Waals surface area (Å²) in [6, 6.07) is 0. The second kappa shape index (κ2) is 2.08. The Kier molecular flexibility index (Phi) is 1.28. The first-order chi connectivity index (χ1) is 5.66. The maximum atomic E-state index is 2.55. The first-order valence-electron chi connectivity index (χ1n) is 5.66. The zero-order chi connectivity index (χ0) is 8.34. The van der Waals surface area contributed by atoms with Gasteiger partial charge in [0, 0.05) is 0 Å². The second-order valence-electron chi connectivity index (χ2n) is 6.14. The standard InChI is InChI=1S/C12H20/c1-8-10-3-9-4-11(8)7-12(2,5-9)6-10/h8-11H,3-7H2,1-2H3/t8-,9?,10-,11?,12+/m0/s1. The van der Waals surface area contributed by atoms with Crippen molar-refractivity contribution in [1.29, 1.82) is 0 Å². The molecule has 0 nitrogen and oxygen atoms in total. The molecule has 2 unspecified atom stereocenters. The summed E-state index contributed by atoms with van der Waals surface area (Å²) in [4.78, 5) is 0. The quantitative estimate of drug-likeness (QED) is 0.514. The predicted molar refractivity (Wildman–Crippen MR) is 50.8 cm³/mol. The van der Waals surface area contributed by atoms with Gasteiger partial charge in [-0.2, -0.15) is 0 Å². The minimum Gasteiger partial charge on any atom is -0.0620 e. The number of hydrogen-bond donors (Lipinski definition) is 0. The average molecular weight is 164 g/mol. The second-order valence-corrected chi connectivity index (χ2v) is 6.14. The summed E-state index contributed by atoms with van der Waals surface area (Å²) in [5.41, 5.74) is 0.781. The molecule has 4 aliphatic carbocycles. The van der Waals surface area contributed by atoms with Crippen molar-refractivity contribution in [3.05, 3.63) is 0 Å². The minimum atomic E-state index is 0.781. The molecule has 4 aliphatic rings. The van der Waals surface area contributed by atoms with Crippen LogP contribution in [0, 0.1) is 29.1 Å². The van der Waals surface area contributed by atoms with Crippen LogP contribution in [0.4, 0.5) is 0 Å². The van der Waals surface area contributed by atoms with Crippen LogP contribution in [0.5, 0.6) is 0 Å². The average Bonchev–Trinajstić information content (AvgIpc) is 1.96. The molecule has 0 aromatic carbocycles. The van der Waals surface area contributed by atoms with Crippen molar-refractivity contribution in [2.75, 3.05) is 0 Å². The minimum absolute atomic E-state index is 0.781. The van der Waals surface area contributed by atoms with Crippen LogP contribution in [-0.4, -0.2) is 0 Å². The molecule has 4 bridgehead atoms. The molecule has 0 aromatic heterocycles. The first-order valence-corrected chi connectivity index (χ1v) is 5.66. The van der Waals surface area contributed by atoms with E-state index in [9.17, 15) is 0 Å². The van der Waals surface area contributed by atoms with Gasteiger partial charge in [0.1, 0.15) is 0 Å². The maximum Gasteiger partial charge on any atom is -0.0318 e. The molecule has 0 heteroatoms. The Labute approximate surface area is 75.7 Å². The summed E-state index contributed by atoms with van der Waals surface area (Å²) in [5, 5.41) is 0. The molecular formula is C12H20. The fourth-order valence-corrected chi connectivity index (χ4v) is 4.68. The largest absolute Gasteiger partial charge is 0.0620 e. The Balaban J connectivity index is 1.95. The highest BCUT2D eigenvalue weighted by Crippen LogP contribution is 2.61. The van der Waals surface area contributed by atoms with Crippen molar-refractivity contribution in [2.45, 2.75) is 46.0 Å². The van der Waals surface area contributed by atoms with Crippen molar-refractivity contribution in [3.63, 3.8) is 0 Å². The molecule has 0 saturated heterocycles. The highest BCUT2D eigenvalue weighted by molar-refractivity contribution is 5.01. The van der Waals surface area contributed by atoms with Crippen molar-refractivity contribution in [3.8, 4) is 0 Å². The fraction of sp³-hybridized carbons (Fsp3) is 1.00. The molecule has 0 spiro atoms. The lowest BCUT2D eigenvalue weighted by atomic mass is 9.47. The van der Waals surface area contributed by atoms with E-state index >= 15 is 0 Å². The smallest absolute Gasteiger partial charge is 0.0318 e. The molecule has 5 atom stereocenters. The highest BCUT2D eigenvalue weighted by atomic mass is 14.6. The number of rotatable bonds is 0. The van der Waals surface area contributed by atoms with Crippen molar-refractivity contribution < 1.29 is 0 Å². The van der Waals surface area contributed by atoms with E-state index in [0.29, 0.717) is 0 Å². The number of hydrogen-bond acceptors (Lipinski definition) is 0. The van der Waals surface area contributed by atoms with E-state index < -0.39 is 0 Å². The molecule has 4 rings (SSSR count). The van der Waals surface area contributed by atoms with Gasteiger partial charge >= 0.3 is 0 Å². The molecule has 0 aliphatic heterocycles. The predicted octanol–water partition coefficient (Wildman–Crippen LogP) is 3.47. The summed E-state index contributed by atoms with van der Waals surface area (Å²) < 4.78 is 0. The van der Waals surface area contributed by atoms with Gasteiger partial charge in [0.15, 0.2) is 0 Å². The molecule has 0 aromatic rings. The van der Waals surface area contributed by atoms with Gasteiger partial charge in [-0.25, -0.2) is 0 Å². The summed E-state index contributed by atoms with van der Waals surface area (Å²) in [7, 11) is 0.